The summed E-state index contributed by atoms with van der Waals surface area (Å²) in [5, 5.41) is 12.5. The fourth-order valence-electron chi connectivity index (χ4n) is 3.24. The molecule has 3 nitrogen and oxygen atoms in total. The van der Waals surface area contributed by atoms with Gasteiger partial charge in [0.2, 0.25) is 0 Å². The lowest BCUT2D eigenvalue weighted by molar-refractivity contribution is 0.174. The number of nitrogens with zero attached hydrogens (tertiary/aromatic N) is 1. The van der Waals surface area contributed by atoms with Gasteiger partial charge in [0, 0.05) is 31.8 Å². The van der Waals surface area contributed by atoms with E-state index in [2.05, 4.69) is 17.1 Å². The van der Waals surface area contributed by atoms with E-state index in [1.807, 2.05) is 0 Å². The molecule has 2 bridgehead atoms. The molecule has 2 N–H and O–H groups in total. The van der Waals surface area contributed by atoms with Gasteiger partial charge < -0.3 is 10.4 Å². The first-order valence-electron chi connectivity index (χ1n) is 6.41. The Morgan fingerprint density at radius 1 is 1.47 bits per heavy atom. The number of fused-ring (bicyclic) bond motifs is 2. The molecule has 1 saturated heterocycles. The number of likely N-dealkylation sites (N-methyl/N-ethyl adjacent to an activating group) is 1. The normalized spacial score (nSPS) is 32.4. The van der Waals surface area contributed by atoms with Crippen molar-refractivity contribution < 1.29 is 5.11 Å². The lowest BCUT2D eigenvalue weighted by atomic mass is 10.1. The molecule has 1 heterocycles. The van der Waals surface area contributed by atoms with Crippen LogP contribution in [0.3, 0.4) is 0 Å². The van der Waals surface area contributed by atoms with Crippen LogP contribution in [0.1, 0.15) is 32.6 Å². The highest BCUT2D eigenvalue weighted by atomic mass is 16.3. The third kappa shape index (κ3) is 2.71. The third-order valence-corrected chi connectivity index (χ3v) is 3.95. The predicted molar refractivity (Wildman–Crippen MR) is 61.9 cm³/mol. The van der Waals surface area contributed by atoms with Gasteiger partial charge in [-0.25, -0.2) is 0 Å². The zero-order chi connectivity index (χ0) is 10.7. The summed E-state index contributed by atoms with van der Waals surface area (Å²) in [5.74, 6) is 0.978. The molecule has 0 aromatic heterocycles. The second-order valence-electron chi connectivity index (χ2n) is 5.05. The van der Waals surface area contributed by atoms with Crippen LogP contribution in [0.25, 0.3) is 0 Å². The summed E-state index contributed by atoms with van der Waals surface area (Å²) in [4.78, 5) is 2.64. The van der Waals surface area contributed by atoms with Crippen LogP contribution in [-0.2, 0) is 0 Å². The summed E-state index contributed by atoms with van der Waals surface area (Å²) >= 11 is 0. The Balaban J connectivity index is 1.78. The van der Waals surface area contributed by atoms with Crippen LogP contribution in [0.15, 0.2) is 0 Å². The molecule has 0 radical (unpaired) electrons. The largest absolute Gasteiger partial charge is 0.396 e. The monoisotopic (exact) mass is 212 g/mol. The summed E-state index contributed by atoms with van der Waals surface area (Å²) in [6.07, 6.45) is 5.18. The average Bonchev–Trinajstić information content (AvgIpc) is 2.80. The quantitative estimate of drug-likeness (QED) is 0.684. The van der Waals surface area contributed by atoms with Crippen LogP contribution in [-0.4, -0.2) is 48.3 Å². The maximum atomic E-state index is 9.01. The Labute approximate surface area is 92.8 Å². The van der Waals surface area contributed by atoms with Crippen molar-refractivity contribution in [1.82, 2.24) is 10.2 Å². The Morgan fingerprint density at radius 3 is 2.87 bits per heavy atom. The Kier molecular flexibility index (Phi) is 4.00. The number of aliphatic hydroxyl groups is 1. The van der Waals surface area contributed by atoms with Crippen LogP contribution >= 0.6 is 0 Å². The first-order chi connectivity index (χ1) is 7.33. The van der Waals surface area contributed by atoms with Gasteiger partial charge in [-0.05, 0) is 38.1 Å². The highest BCUT2D eigenvalue weighted by molar-refractivity contribution is 4.93. The van der Waals surface area contributed by atoms with Crippen molar-refractivity contribution >= 4 is 0 Å². The Bertz CT molecular complexity index is 192. The van der Waals surface area contributed by atoms with Crippen molar-refractivity contribution in [3.63, 3.8) is 0 Å². The summed E-state index contributed by atoms with van der Waals surface area (Å²) in [7, 11) is 0. The lowest BCUT2D eigenvalue weighted by Crippen LogP contribution is -2.44. The number of hydrogen-bond donors (Lipinski definition) is 2. The fraction of sp³-hybridized carbons (Fsp3) is 1.00. The van der Waals surface area contributed by atoms with Gasteiger partial charge in [-0.3, -0.25) is 4.90 Å². The van der Waals surface area contributed by atoms with Gasteiger partial charge in [0.25, 0.3) is 0 Å². The highest BCUT2D eigenvalue weighted by Gasteiger charge is 2.38. The molecule has 88 valence electrons. The van der Waals surface area contributed by atoms with Crippen LogP contribution in [0.2, 0.25) is 0 Å². The van der Waals surface area contributed by atoms with Crippen LogP contribution < -0.4 is 5.32 Å². The molecule has 0 aromatic carbocycles. The second kappa shape index (κ2) is 5.28. The number of nitrogens with one attached hydrogen (secondary N) is 1. The summed E-state index contributed by atoms with van der Waals surface area (Å²) in [5.41, 5.74) is 0. The van der Waals surface area contributed by atoms with E-state index in [4.69, 9.17) is 5.11 Å². The minimum absolute atomic E-state index is 0.305. The lowest BCUT2D eigenvalue weighted by Gasteiger charge is -2.30. The van der Waals surface area contributed by atoms with Crippen LogP contribution in [0.4, 0.5) is 0 Å². The number of likely N-dealkylation sites (tertiary alicyclic amines) is 1. The summed E-state index contributed by atoms with van der Waals surface area (Å²) in [6, 6.07) is 1.34. The Hall–Kier alpha value is -0.120. The van der Waals surface area contributed by atoms with Crippen molar-refractivity contribution in [3.05, 3.63) is 0 Å². The number of piperidine rings is 1. The van der Waals surface area contributed by atoms with Gasteiger partial charge >= 0.3 is 0 Å². The minimum Gasteiger partial charge on any atom is -0.396 e. The molecule has 2 aliphatic rings. The molecule has 0 aromatic rings. The zero-order valence-electron chi connectivity index (χ0n) is 9.78. The van der Waals surface area contributed by atoms with Crippen molar-refractivity contribution in [2.45, 2.75) is 44.7 Å². The molecule has 1 aliphatic carbocycles. The Morgan fingerprint density at radius 2 is 2.33 bits per heavy atom. The molecule has 15 heavy (non-hydrogen) atoms. The fourth-order valence-corrected chi connectivity index (χ4v) is 3.24. The number of aliphatic hydroxyl groups excluding tert-OH is 1. The van der Waals surface area contributed by atoms with Crippen molar-refractivity contribution in [2.75, 3.05) is 26.2 Å². The van der Waals surface area contributed by atoms with Gasteiger partial charge in [-0.15, -0.1) is 0 Å². The molecule has 3 atom stereocenters. The van der Waals surface area contributed by atoms with E-state index in [9.17, 15) is 0 Å². The molecule has 3 heteroatoms. The van der Waals surface area contributed by atoms with E-state index in [1.54, 1.807) is 0 Å². The molecule has 1 saturated carbocycles. The van der Waals surface area contributed by atoms with Crippen LogP contribution in [0.5, 0.6) is 0 Å². The topological polar surface area (TPSA) is 35.5 Å². The first kappa shape index (κ1) is 11.4. The van der Waals surface area contributed by atoms with E-state index in [0.717, 1.165) is 31.5 Å². The predicted octanol–water partition coefficient (Wildman–Crippen LogP) is 0.831. The van der Waals surface area contributed by atoms with E-state index < -0.39 is 0 Å². The van der Waals surface area contributed by atoms with Crippen molar-refractivity contribution in [2.24, 2.45) is 5.92 Å². The van der Waals surface area contributed by atoms with E-state index in [-0.39, 0.29) is 0 Å². The molecular formula is C12H24N2O. The molecule has 3 unspecified atom stereocenters. The second-order valence-corrected chi connectivity index (χ2v) is 5.05. The summed E-state index contributed by atoms with van der Waals surface area (Å²) < 4.78 is 0. The highest BCUT2D eigenvalue weighted by Crippen LogP contribution is 2.37. The van der Waals surface area contributed by atoms with E-state index >= 15 is 0 Å². The number of hydrogen-bond acceptors (Lipinski definition) is 3. The minimum atomic E-state index is 0.305. The van der Waals surface area contributed by atoms with Crippen molar-refractivity contribution in [1.29, 1.82) is 0 Å². The van der Waals surface area contributed by atoms with Crippen molar-refractivity contribution in [3.8, 4) is 0 Å². The molecule has 2 fully saturated rings. The number of rotatable bonds is 6. The zero-order valence-corrected chi connectivity index (χ0v) is 9.78. The smallest absolute Gasteiger partial charge is 0.0446 e. The van der Waals surface area contributed by atoms with E-state index in [0.29, 0.717) is 12.6 Å². The molecule has 0 spiro atoms. The third-order valence-electron chi connectivity index (χ3n) is 3.95. The van der Waals surface area contributed by atoms with Gasteiger partial charge in [-0.1, -0.05) is 6.92 Å². The van der Waals surface area contributed by atoms with Gasteiger partial charge in [-0.2, -0.15) is 0 Å². The van der Waals surface area contributed by atoms with Gasteiger partial charge in [0.05, 0.1) is 0 Å². The SMILES string of the molecule is CCNC(CCO)CN1CC2CCC1C2. The maximum absolute atomic E-state index is 9.01. The van der Waals surface area contributed by atoms with E-state index in [1.165, 1.54) is 25.8 Å². The average molecular weight is 212 g/mol. The van der Waals surface area contributed by atoms with Gasteiger partial charge in [0.1, 0.15) is 0 Å². The summed E-state index contributed by atoms with van der Waals surface area (Å²) in [6.45, 7) is 5.89. The first-order valence-corrected chi connectivity index (χ1v) is 6.41. The van der Waals surface area contributed by atoms with Gasteiger partial charge in [0.15, 0.2) is 0 Å². The molecule has 1 aliphatic heterocycles. The molecule has 2 rings (SSSR count). The van der Waals surface area contributed by atoms with Crippen LogP contribution in [0, 0.1) is 5.92 Å². The maximum Gasteiger partial charge on any atom is 0.0446 e. The molecular weight excluding hydrogens is 188 g/mol. The molecule has 0 amide bonds. The standard InChI is InChI=1S/C12H24N2O/c1-2-13-11(5-6-15)9-14-8-10-3-4-12(14)7-10/h10-13,15H,2-9H2,1H3.